The van der Waals surface area contributed by atoms with Crippen molar-refractivity contribution < 1.29 is 0 Å². The Morgan fingerprint density at radius 3 is 2.93 bits per heavy atom. The van der Waals surface area contributed by atoms with E-state index in [1.165, 1.54) is 5.56 Å². The highest BCUT2D eigenvalue weighted by atomic mass is 15.1. The number of aromatic nitrogens is 2. The van der Waals surface area contributed by atoms with Crippen LogP contribution in [0.1, 0.15) is 12.5 Å². The zero-order valence-corrected chi connectivity index (χ0v) is 8.14. The summed E-state index contributed by atoms with van der Waals surface area (Å²) in [6.45, 7) is 2.14. The van der Waals surface area contributed by atoms with Crippen molar-refractivity contribution >= 4 is 5.95 Å². The lowest BCUT2D eigenvalue weighted by atomic mass is 10.1. The van der Waals surface area contributed by atoms with Crippen LogP contribution in [0.15, 0.2) is 36.7 Å². The molecule has 0 unspecified atom stereocenters. The SMILES string of the molecule is CCc1cccc(-n2ccnc2N)c1. The molecule has 1 heterocycles. The standard InChI is InChI=1S/C11H13N3/c1-2-9-4-3-5-10(8-9)14-7-6-13-11(14)12/h3-8H,2H2,1H3,(H2,12,13). The molecule has 0 aliphatic heterocycles. The smallest absolute Gasteiger partial charge is 0.204 e. The van der Waals surface area contributed by atoms with Gasteiger partial charge in [-0.3, -0.25) is 4.57 Å². The van der Waals surface area contributed by atoms with E-state index in [1.54, 1.807) is 6.20 Å². The Morgan fingerprint density at radius 1 is 1.43 bits per heavy atom. The summed E-state index contributed by atoms with van der Waals surface area (Å²) in [6, 6.07) is 8.29. The second-order valence-electron chi connectivity index (χ2n) is 3.18. The van der Waals surface area contributed by atoms with Crippen molar-refractivity contribution in [2.45, 2.75) is 13.3 Å². The number of imidazole rings is 1. The minimum absolute atomic E-state index is 0.526. The zero-order valence-electron chi connectivity index (χ0n) is 8.14. The summed E-state index contributed by atoms with van der Waals surface area (Å²) in [6.07, 6.45) is 4.60. The first-order valence-electron chi connectivity index (χ1n) is 4.69. The fourth-order valence-electron chi connectivity index (χ4n) is 1.46. The van der Waals surface area contributed by atoms with E-state index in [1.807, 2.05) is 22.9 Å². The van der Waals surface area contributed by atoms with E-state index in [2.05, 4.69) is 24.0 Å². The molecule has 0 aliphatic rings. The lowest BCUT2D eigenvalue weighted by Crippen LogP contribution is -1.99. The quantitative estimate of drug-likeness (QED) is 0.781. The first kappa shape index (κ1) is 8.81. The lowest BCUT2D eigenvalue weighted by Gasteiger charge is -2.05. The van der Waals surface area contributed by atoms with Gasteiger partial charge in [0.1, 0.15) is 0 Å². The molecule has 3 heteroatoms. The van der Waals surface area contributed by atoms with E-state index in [4.69, 9.17) is 5.73 Å². The lowest BCUT2D eigenvalue weighted by molar-refractivity contribution is 1.05. The Balaban J connectivity index is 2.47. The van der Waals surface area contributed by atoms with Crippen LogP contribution < -0.4 is 5.73 Å². The van der Waals surface area contributed by atoms with Crippen molar-refractivity contribution in [2.75, 3.05) is 5.73 Å². The maximum Gasteiger partial charge on any atom is 0.204 e. The van der Waals surface area contributed by atoms with Crippen molar-refractivity contribution in [3.63, 3.8) is 0 Å². The minimum Gasteiger partial charge on any atom is -0.369 e. The predicted octanol–water partition coefficient (Wildman–Crippen LogP) is 2.02. The summed E-state index contributed by atoms with van der Waals surface area (Å²) in [5, 5.41) is 0. The molecule has 14 heavy (non-hydrogen) atoms. The van der Waals surface area contributed by atoms with Crippen LogP contribution in [0.4, 0.5) is 5.95 Å². The van der Waals surface area contributed by atoms with Gasteiger partial charge in [0.05, 0.1) is 0 Å². The maximum atomic E-state index is 5.72. The number of hydrogen-bond acceptors (Lipinski definition) is 2. The molecule has 0 amide bonds. The molecule has 2 N–H and O–H groups in total. The van der Waals surface area contributed by atoms with Crippen LogP contribution in [0.3, 0.4) is 0 Å². The molecule has 0 spiro atoms. The molecule has 0 bridgehead atoms. The summed E-state index contributed by atoms with van der Waals surface area (Å²) < 4.78 is 1.87. The van der Waals surface area contributed by atoms with Gasteiger partial charge in [-0.05, 0) is 24.1 Å². The molecule has 0 saturated carbocycles. The van der Waals surface area contributed by atoms with E-state index < -0.39 is 0 Å². The number of nitrogen functional groups attached to an aromatic ring is 1. The summed E-state index contributed by atoms with van der Waals surface area (Å²) in [5.41, 5.74) is 8.09. The second-order valence-corrected chi connectivity index (χ2v) is 3.18. The second kappa shape index (κ2) is 3.54. The number of nitrogens with zero attached hydrogens (tertiary/aromatic N) is 2. The van der Waals surface area contributed by atoms with Gasteiger partial charge in [0, 0.05) is 18.1 Å². The van der Waals surface area contributed by atoms with Gasteiger partial charge in [0.15, 0.2) is 0 Å². The third kappa shape index (κ3) is 1.48. The third-order valence-corrected chi connectivity index (χ3v) is 2.27. The highest BCUT2D eigenvalue weighted by Crippen LogP contribution is 2.13. The van der Waals surface area contributed by atoms with Gasteiger partial charge in [-0.15, -0.1) is 0 Å². The number of benzene rings is 1. The van der Waals surface area contributed by atoms with Gasteiger partial charge in [0.25, 0.3) is 0 Å². The van der Waals surface area contributed by atoms with Crippen molar-refractivity contribution in [3.8, 4) is 5.69 Å². The van der Waals surface area contributed by atoms with Crippen molar-refractivity contribution in [2.24, 2.45) is 0 Å². The Hall–Kier alpha value is -1.77. The molecule has 0 saturated heterocycles. The van der Waals surface area contributed by atoms with Crippen LogP contribution in [0.25, 0.3) is 5.69 Å². The molecule has 2 aromatic rings. The first-order valence-corrected chi connectivity index (χ1v) is 4.69. The highest BCUT2D eigenvalue weighted by molar-refractivity contribution is 5.41. The number of aryl methyl sites for hydroxylation is 1. The Bertz CT molecular complexity index is 432. The van der Waals surface area contributed by atoms with E-state index in [-0.39, 0.29) is 0 Å². The summed E-state index contributed by atoms with van der Waals surface area (Å²) in [5.74, 6) is 0.526. The first-order chi connectivity index (χ1) is 6.81. The average molecular weight is 187 g/mol. The number of hydrogen-bond donors (Lipinski definition) is 1. The van der Waals surface area contributed by atoms with Crippen LogP contribution in [-0.4, -0.2) is 9.55 Å². The van der Waals surface area contributed by atoms with E-state index >= 15 is 0 Å². The summed E-state index contributed by atoms with van der Waals surface area (Å²) in [7, 11) is 0. The van der Waals surface area contributed by atoms with E-state index in [0.29, 0.717) is 5.95 Å². The van der Waals surface area contributed by atoms with Crippen LogP contribution in [-0.2, 0) is 6.42 Å². The molecule has 1 aromatic carbocycles. The van der Waals surface area contributed by atoms with Gasteiger partial charge in [-0.2, -0.15) is 0 Å². The molecule has 1 aromatic heterocycles. The minimum atomic E-state index is 0.526. The molecule has 0 radical (unpaired) electrons. The zero-order chi connectivity index (χ0) is 9.97. The molecule has 2 rings (SSSR count). The molecule has 0 fully saturated rings. The molecular weight excluding hydrogens is 174 g/mol. The van der Waals surface area contributed by atoms with Crippen molar-refractivity contribution in [1.29, 1.82) is 0 Å². The number of anilines is 1. The van der Waals surface area contributed by atoms with Gasteiger partial charge in [0.2, 0.25) is 5.95 Å². The molecule has 3 nitrogen and oxygen atoms in total. The molecule has 72 valence electrons. The fraction of sp³-hybridized carbons (Fsp3) is 0.182. The van der Waals surface area contributed by atoms with Gasteiger partial charge < -0.3 is 5.73 Å². The van der Waals surface area contributed by atoms with Gasteiger partial charge >= 0.3 is 0 Å². The topological polar surface area (TPSA) is 43.8 Å². The maximum absolute atomic E-state index is 5.72. The normalized spacial score (nSPS) is 10.4. The van der Waals surface area contributed by atoms with Gasteiger partial charge in [-0.25, -0.2) is 4.98 Å². The number of nitrogens with two attached hydrogens (primary N) is 1. The third-order valence-electron chi connectivity index (χ3n) is 2.27. The van der Waals surface area contributed by atoms with Crippen LogP contribution in [0.5, 0.6) is 0 Å². The Kier molecular flexibility index (Phi) is 2.23. The summed E-state index contributed by atoms with van der Waals surface area (Å²) >= 11 is 0. The van der Waals surface area contributed by atoms with Crippen LogP contribution in [0, 0.1) is 0 Å². The number of rotatable bonds is 2. The van der Waals surface area contributed by atoms with Crippen molar-refractivity contribution in [1.82, 2.24) is 9.55 Å². The van der Waals surface area contributed by atoms with Crippen LogP contribution in [0.2, 0.25) is 0 Å². The fourth-order valence-corrected chi connectivity index (χ4v) is 1.46. The van der Waals surface area contributed by atoms with E-state index in [0.717, 1.165) is 12.1 Å². The predicted molar refractivity (Wildman–Crippen MR) is 57.4 cm³/mol. The summed E-state index contributed by atoms with van der Waals surface area (Å²) in [4.78, 5) is 3.99. The van der Waals surface area contributed by atoms with Crippen molar-refractivity contribution in [3.05, 3.63) is 42.2 Å². The molecular formula is C11H13N3. The Morgan fingerprint density at radius 2 is 2.29 bits per heavy atom. The van der Waals surface area contributed by atoms with Gasteiger partial charge in [-0.1, -0.05) is 19.1 Å². The molecule has 0 atom stereocenters. The van der Waals surface area contributed by atoms with E-state index in [9.17, 15) is 0 Å². The highest BCUT2D eigenvalue weighted by Gasteiger charge is 2.00. The monoisotopic (exact) mass is 187 g/mol. The average Bonchev–Trinajstić information content (AvgIpc) is 2.65. The largest absolute Gasteiger partial charge is 0.369 e. The van der Waals surface area contributed by atoms with Crippen LogP contribution >= 0.6 is 0 Å². The Labute approximate surface area is 83.2 Å². The molecule has 0 aliphatic carbocycles.